The van der Waals surface area contributed by atoms with Gasteiger partial charge < -0.3 is 9.64 Å². The van der Waals surface area contributed by atoms with Gasteiger partial charge >= 0.3 is 6.18 Å². The molecule has 0 atom stereocenters. The number of rotatable bonds is 4. The Hall–Kier alpha value is -4.04. The number of nitrogens with zero attached hydrogens (tertiary/aromatic N) is 5. The van der Waals surface area contributed by atoms with E-state index in [-0.39, 0.29) is 10.8 Å². The van der Waals surface area contributed by atoms with E-state index < -0.39 is 28.9 Å². The van der Waals surface area contributed by atoms with Gasteiger partial charge in [0.25, 0.3) is 5.91 Å². The van der Waals surface area contributed by atoms with E-state index in [1.807, 2.05) is 0 Å². The smallest absolute Gasteiger partial charge is 0.419 e. The summed E-state index contributed by atoms with van der Waals surface area (Å²) < 4.78 is 46.2. The van der Waals surface area contributed by atoms with Crippen molar-refractivity contribution in [3.05, 3.63) is 72.2 Å². The molecule has 2 aliphatic rings. The number of carbonyl (C=O) groups excluding carboxylic acids is 1. The van der Waals surface area contributed by atoms with Crippen LogP contribution in [0.5, 0.6) is 11.6 Å². The van der Waals surface area contributed by atoms with Crippen LogP contribution in [0.4, 0.5) is 24.5 Å². The van der Waals surface area contributed by atoms with Crippen LogP contribution in [-0.4, -0.2) is 26.5 Å². The lowest BCUT2D eigenvalue weighted by Crippen LogP contribution is -2.55. The molecule has 0 N–H and O–H groups in total. The number of alkyl halides is 3. The molecule has 3 heterocycles. The molecular weight excluding hydrogens is 479 g/mol. The molecule has 0 bridgehead atoms. The molecule has 1 spiro atoms. The van der Waals surface area contributed by atoms with E-state index in [1.54, 1.807) is 53.6 Å². The predicted molar refractivity (Wildman–Crippen MR) is 124 cm³/mol. The third-order valence-electron chi connectivity index (χ3n) is 6.09. The highest BCUT2D eigenvalue weighted by Gasteiger charge is 2.59. The molecule has 2 aromatic heterocycles. The Bertz CT molecular complexity index is 1350. The van der Waals surface area contributed by atoms with Crippen molar-refractivity contribution < 1.29 is 22.7 Å². The number of halogens is 3. The first-order valence-corrected chi connectivity index (χ1v) is 11.0. The van der Waals surface area contributed by atoms with Gasteiger partial charge in [0.1, 0.15) is 17.4 Å². The first-order valence-electron chi connectivity index (χ1n) is 10.6. The average molecular weight is 495 g/mol. The zero-order valence-corrected chi connectivity index (χ0v) is 18.8. The van der Waals surface area contributed by atoms with Crippen molar-refractivity contribution in [1.29, 1.82) is 5.26 Å². The fourth-order valence-corrected chi connectivity index (χ4v) is 4.75. The summed E-state index contributed by atoms with van der Waals surface area (Å²) in [7, 11) is 0. The maximum absolute atomic E-state index is 13.5. The van der Waals surface area contributed by atoms with Crippen LogP contribution >= 0.6 is 12.2 Å². The summed E-state index contributed by atoms with van der Waals surface area (Å²) in [4.78, 5) is 24.0. The molecule has 1 amide bonds. The molecule has 7 nitrogen and oxygen atoms in total. The van der Waals surface area contributed by atoms with Gasteiger partial charge in [0.05, 0.1) is 17.4 Å². The Labute approximate surface area is 203 Å². The minimum atomic E-state index is -4.81. The Morgan fingerprint density at radius 3 is 2.40 bits per heavy atom. The maximum atomic E-state index is 13.5. The van der Waals surface area contributed by atoms with Crippen LogP contribution in [0.3, 0.4) is 0 Å². The van der Waals surface area contributed by atoms with Gasteiger partial charge in [0, 0.05) is 18.0 Å². The normalized spacial score (nSPS) is 16.9. The van der Waals surface area contributed by atoms with Gasteiger partial charge in [-0.3, -0.25) is 9.69 Å². The van der Waals surface area contributed by atoms with Crippen molar-refractivity contribution in [2.24, 2.45) is 0 Å². The molecule has 35 heavy (non-hydrogen) atoms. The van der Waals surface area contributed by atoms with Gasteiger partial charge in [-0.1, -0.05) is 6.07 Å². The minimum Gasteiger partial charge on any atom is -0.439 e. The summed E-state index contributed by atoms with van der Waals surface area (Å²) in [5.74, 6) is 0.527. The zero-order valence-electron chi connectivity index (χ0n) is 18.0. The van der Waals surface area contributed by atoms with Crippen molar-refractivity contribution in [3.63, 3.8) is 0 Å². The van der Waals surface area contributed by atoms with E-state index in [2.05, 4.69) is 9.97 Å². The molecule has 0 unspecified atom stereocenters. The lowest BCUT2D eigenvalue weighted by molar-refractivity contribution is -0.138. The predicted octanol–water partition coefficient (Wildman–Crippen LogP) is 5.22. The first-order chi connectivity index (χ1) is 16.7. The SMILES string of the molecule is N#Cc1ncc(N2C(=O)C3(CCC3)N(c3ccc(Oc4ccccn4)cc3)C2=S)cc1C(F)(F)F. The van der Waals surface area contributed by atoms with Gasteiger partial charge in [0.15, 0.2) is 10.8 Å². The quantitative estimate of drug-likeness (QED) is 0.459. The highest BCUT2D eigenvalue weighted by molar-refractivity contribution is 7.81. The van der Waals surface area contributed by atoms with Crippen LogP contribution in [0.1, 0.15) is 30.5 Å². The minimum absolute atomic E-state index is 0.0488. The Balaban J connectivity index is 1.49. The molecule has 1 aliphatic heterocycles. The first kappa shape index (κ1) is 22.7. The number of aromatic nitrogens is 2. The van der Waals surface area contributed by atoms with Crippen molar-refractivity contribution in [2.45, 2.75) is 31.0 Å². The van der Waals surface area contributed by atoms with Crippen molar-refractivity contribution >= 4 is 34.6 Å². The second-order valence-electron chi connectivity index (χ2n) is 8.11. The number of hydrogen-bond acceptors (Lipinski definition) is 6. The summed E-state index contributed by atoms with van der Waals surface area (Å²) in [6.07, 6.45) is -0.351. The second-order valence-corrected chi connectivity index (χ2v) is 8.47. The third-order valence-corrected chi connectivity index (χ3v) is 6.46. The van der Waals surface area contributed by atoms with E-state index in [4.69, 9.17) is 22.2 Å². The Kier molecular flexibility index (Phi) is 5.40. The van der Waals surface area contributed by atoms with Crippen LogP contribution in [-0.2, 0) is 11.0 Å². The van der Waals surface area contributed by atoms with Gasteiger partial charge in [-0.2, -0.15) is 18.4 Å². The molecule has 2 fully saturated rings. The molecule has 1 aliphatic carbocycles. The summed E-state index contributed by atoms with van der Waals surface area (Å²) in [6.45, 7) is 0. The van der Waals surface area contributed by atoms with E-state index in [0.717, 1.165) is 23.6 Å². The highest BCUT2D eigenvalue weighted by atomic mass is 32.1. The van der Waals surface area contributed by atoms with E-state index in [9.17, 15) is 18.0 Å². The molecule has 5 rings (SSSR count). The summed E-state index contributed by atoms with van der Waals surface area (Å²) in [5.41, 5.74) is -2.48. The second kappa shape index (κ2) is 8.32. The lowest BCUT2D eigenvalue weighted by Gasteiger charge is -2.43. The summed E-state index contributed by atoms with van der Waals surface area (Å²) in [5, 5.41) is 9.09. The third kappa shape index (κ3) is 3.76. The number of carbonyl (C=O) groups is 1. The molecular formula is C24H16F3N5O2S. The topological polar surface area (TPSA) is 82.4 Å². The number of benzene rings is 1. The maximum Gasteiger partial charge on any atom is 0.419 e. The van der Waals surface area contributed by atoms with Gasteiger partial charge in [-0.05, 0) is 67.9 Å². The molecule has 1 aromatic carbocycles. The summed E-state index contributed by atoms with van der Waals surface area (Å²) >= 11 is 5.60. The van der Waals surface area contributed by atoms with Gasteiger partial charge in [-0.25, -0.2) is 9.97 Å². The molecule has 11 heteroatoms. The highest BCUT2D eigenvalue weighted by Crippen LogP contribution is 2.48. The number of hydrogen-bond donors (Lipinski definition) is 0. The van der Waals surface area contributed by atoms with E-state index in [1.165, 1.54) is 6.07 Å². The fourth-order valence-electron chi connectivity index (χ4n) is 4.28. The van der Waals surface area contributed by atoms with Crippen LogP contribution in [0.25, 0.3) is 0 Å². The van der Waals surface area contributed by atoms with E-state index in [0.29, 0.717) is 30.2 Å². The van der Waals surface area contributed by atoms with Crippen LogP contribution in [0.15, 0.2) is 60.9 Å². The monoisotopic (exact) mass is 495 g/mol. The van der Waals surface area contributed by atoms with Crippen LogP contribution in [0, 0.1) is 11.3 Å². The fraction of sp³-hybridized carbons (Fsp3) is 0.208. The largest absolute Gasteiger partial charge is 0.439 e. The number of ether oxygens (including phenoxy) is 1. The Morgan fingerprint density at radius 2 is 1.83 bits per heavy atom. The standard InChI is InChI=1S/C24H16F3N5O2S/c25-24(26,27)18-12-16(14-30-19(18)13-28)31-21(33)23(9-3-10-23)32(22(31)35)15-5-7-17(8-6-15)34-20-4-1-2-11-29-20/h1-2,4-8,11-12,14H,3,9-10H2. The van der Waals surface area contributed by atoms with Crippen LogP contribution in [0.2, 0.25) is 0 Å². The van der Waals surface area contributed by atoms with Crippen molar-refractivity contribution in [3.8, 4) is 17.7 Å². The Morgan fingerprint density at radius 1 is 1.09 bits per heavy atom. The number of anilines is 2. The number of nitriles is 1. The number of amides is 1. The summed E-state index contributed by atoms with van der Waals surface area (Å²) in [6, 6.07) is 14.3. The van der Waals surface area contributed by atoms with Crippen molar-refractivity contribution in [2.75, 3.05) is 9.80 Å². The molecule has 3 aromatic rings. The molecule has 0 radical (unpaired) electrons. The average Bonchev–Trinajstić information content (AvgIpc) is 3.06. The molecule has 1 saturated heterocycles. The number of thiocarbonyl (C=S) groups is 1. The van der Waals surface area contributed by atoms with Gasteiger partial charge in [-0.15, -0.1) is 0 Å². The van der Waals surface area contributed by atoms with Crippen molar-refractivity contribution in [1.82, 2.24) is 9.97 Å². The lowest BCUT2D eigenvalue weighted by atomic mass is 9.75. The van der Waals surface area contributed by atoms with E-state index >= 15 is 0 Å². The van der Waals surface area contributed by atoms with Gasteiger partial charge in [0.2, 0.25) is 5.88 Å². The van der Waals surface area contributed by atoms with Crippen LogP contribution < -0.4 is 14.5 Å². The molecule has 1 saturated carbocycles. The number of pyridine rings is 2. The molecule has 176 valence electrons. The zero-order chi connectivity index (χ0) is 24.8.